The molecule has 5 heteroatoms. The molecule has 1 radical (unpaired) electrons. The van der Waals surface area contributed by atoms with Gasteiger partial charge >= 0.3 is 0 Å². The second kappa shape index (κ2) is 16.9. The summed E-state index contributed by atoms with van der Waals surface area (Å²) in [7, 11) is -1.39. The molecular weight excluding hydrogens is 901 g/mol. The molecule has 0 amide bonds. The molecule has 58 heavy (non-hydrogen) atoms. The number of hydrogen-bond acceptors (Lipinski definition) is 3. The van der Waals surface area contributed by atoms with Crippen molar-refractivity contribution in [2.45, 2.75) is 91.3 Å². The third-order valence-electron chi connectivity index (χ3n) is 12.3. The maximum Gasteiger partial charge on any atom is 0.128 e. The van der Waals surface area contributed by atoms with Gasteiger partial charge in [-0.3, -0.25) is 0 Å². The van der Waals surface area contributed by atoms with Gasteiger partial charge in [-0.1, -0.05) is 174 Å². The van der Waals surface area contributed by atoms with Crippen LogP contribution in [0.4, 0.5) is 0 Å². The van der Waals surface area contributed by atoms with Crippen molar-refractivity contribution in [1.82, 2.24) is 9.97 Å². The number of aryl methyl sites for hydroxylation is 1. The van der Waals surface area contributed by atoms with E-state index in [0.29, 0.717) is 5.92 Å². The van der Waals surface area contributed by atoms with Crippen LogP contribution in [0, 0.1) is 25.0 Å². The molecule has 0 bridgehead atoms. The molecule has 0 aliphatic heterocycles. The Bertz CT molecular complexity index is 2700. The van der Waals surface area contributed by atoms with Gasteiger partial charge in [-0.05, 0) is 63.9 Å². The molecule has 0 saturated heterocycles. The summed E-state index contributed by atoms with van der Waals surface area (Å²) in [5.41, 5.74) is 12.2. The van der Waals surface area contributed by atoms with E-state index in [-0.39, 0.29) is 25.5 Å². The summed E-state index contributed by atoms with van der Waals surface area (Å²) < 4.78 is 6.66. The Balaban J connectivity index is 0.000000187. The number of furan rings is 1. The maximum absolute atomic E-state index is 6.66. The number of aromatic nitrogens is 2. The predicted molar refractivity (Wildman–Crippen MR) is 244 cm³/mol. The minimum absolute atomic E-state index is 0. The molecule has 0 spiro atoms. The zero-order valence-electron chi connectivity index (χ0n) is 35.2. The molecule has 1 saturated carbocycles. The van der Waals surface area contributed by atoms with E-state index in [0.717, 1.165) is 61.5 Å². The summed E-state index contributed by atoms with van der Waals surface area (Å²) in [4.78, 5) is 9.60. The van der Waals surface area contributed by atoms with Gasteiger partial charge < -0.3 is 14.4 Å². The summed E-state index contributed by atoms with van der Waals surface area (Å²) in [6.07, 6.45) is 9.41. The molecule has 1 aliphatic rings. The van der Waals surface area contributed by atoms with Crippen molar-refractivity contribution in [3.63, 3.8) is 0 Å². The summed E-state index contributed by atoms with van der Waals surface area (Å²) in [5.74, 6) is 1.23. The summed E-state index contributed by atoms with van der Waals surface area (Å²) >= 11 is 0. The van der Waals surface area contributed by atoms with Crippen molar-refractivity contribution in [3.05, 3.63) is 150 Å². The fourth-order valence-electron chi connectivity index (χ4n) is 8.98. The van der Waals surface area contributed by atoms with Crippen molar-refractivity contribution in [3.8, 4) is 33.6 Å². The van der Waals surface area contributed by atoms with Gasteiger partial charge in [-0.2, -0.15) is 0 Å². The van der Waals surface area contributed by atoms with Crippen LogP contribution in [0.15, 0.2) is 126 Å². The molecule has 3 nitrogen and oxygen atoms in total. The van der Waals surface area contributed by atoms with E-state index < -0.39 is 8.07 Å². The summed E-state index contributed by atoms with van der Waals surface area (Å²) in [5, 5.41) is 6.23. The van der Waals surface area contributed by atoms with Crippen LogP contribution >= 0.6 is 0 Å². The Morgan fingerprint density at radius 1 is 0.759 bits per heavy atom. The molecule has 0 unspecified atom stereocenters. The van der Waals surface area contributed by atoms with Crippen molar-refractivity contribution in [1.29, 1.82) is 0 Å². The molecule has 297 valence electrons. The van der Waals surface area contributed by atoms with Crippen molar-refractivity contribution in [2.75, 3.05) is 0 Å². The smallest absolute Gasteiger partial charge is 0.128 e. The van der Waals surface area contributed by atoms with E-state index >= 15 is 0 Å². The molecule has 9 rings (SSSR count). The van der Waals surface area contributed by atoms with Crippen LogP contribution in [0.5, 0.6) is 0 Å². The van der Waals surface area contributed by atoms with E-state index in [4.69, 9.17) is 14.4 Å². The van der Waals surface area contributed by atoms with E-state index in [1.54, 1.807) is 0 Å². The Hall–Kier alpha value is -4.67. The van der Waals surface area contributed by atoms with E-state index in [1.165, 1.54) is 58.3 Å². The van der Waals surface area contributed by atoms with Gasteiger partial charge in [-0.25, -0.2) is 0 Å². The zero-order valence-corrected chi connectivity index (χ0v) is 38.6. The number of rotatable bonds is 7. The number of fused-ring (bicyclic) bond motifs is 4. The van der Waals surface area contributed by atoms with Crippen LogP contribution in [-0.2, 0) is 25.5 Å². The van der Waals surface area contributed by atoms with Gasteiger partial charge in [0.15, 0.2) is 0 Å². The third kappa shape index (κ3) is 8.02. The molecule has 0 atom stereocenters. The average molecular weight is 955 g/mol. The first-order chi connectivity index (χ1) is 27.4. The largest absolute Gasteiger partial charge is 0.500 e. The topological polar surface area (TPSA) is 38.9 Å². The molecule has 3 heterocycles. The molecule has 8 aromatic rings. The molecule has 5 aromatic carbocycles. The van der Waals surface area contributed by atoms with E-state index in [2.05, 4.69) is 170 Å². The van der Waals surface area contributed by atoms with Gasteiger partial charge in [0.25, 0.3) is 0 Å². The quantitative estimate of drug-likeness (QED) is 0.118. The second-order valence-electron chi connectivity index (χ2n) is 17.8. The fourth-order valence-corrected chi connectivity index (χ4v) is 10.7. The zero-order chi connectivity index (χ0) is 39.9. The monoisotopic (exact) mass is 955 g/mol. The standard InChI is InChI=1S/C32H30NO.C21H24NSi.Ir/c1-21-16-17-26(28-20-24(18-19-33-28)32(2,3)23-12-7-8-13-23)31-29(21)27-15-9-14-25(30(27)34-31)22-10-5-4-6-11-22;1-15(2)19-13-20(22-14-21(19)23(3,4)5)18-12-8-10-16-9-6-7-11-17(16)18;/h4-6,9-11,14-16,18-20,23H,7-8,12-13H2,1-3H3;6-11,13-15H,1-5H3;/q2*-1;. The Morgan fingerprint density at radius 3 is 2.21 bits per heavy atom. The number of nitrogens with zero attached hydrogens (tertiary/aromatic N) is 2. The average Bonchev–Trinajstić information content (AvgIpc) is 3.91. The first kappa shape index (κ1) is 41.5. The van der Waals surface area contributed by atoms with Gasteiger partial charge in [0.05, 0.1) is 13.7 Å². The summed E-state index contributed by atoms with van der Waals surface area (Å²) in [6.45, 7) is 18.6. The SMILES string of the molecule is CC(C)c1cc(-c2[c-]ccc3ccccc23)ncc1[Si](C)(C)C.Cc1c[c-]c(-c2cc(C(C)(C)C3CCCC3)ccn2)c2oc3c(-c4ccccc4)cccc3c12.[Ir]. The van der Waals surface area contributed by atoms with Crippen molar-refractivity contribution < 1.29 is 24.5 Å². The Kier molecular flexibility index (Phi) is 12.1. The second-order valence-corrected chi connectivity index (χ2v) is 22.9. The molecule has 1 aliphatic carbocycles. The number of hydrogen-bond donors (Lipinski definition) is 0. The van der Waals surface area contributed by atoms with Crippen LogP contribution in [0.3, 0.4) is 0 Å². The Morgan fingerprint density at radius 2 is 1.47 bits per heavy atom. The predicted octanol–water partition coefficient (Wildman–Crippen LogP) is 14.3. The van der Waals surface area contributed by atoms with Gasteiger partial charge in [0, 0.05) is 43.4 Å². The minimum Gasteiger partial charge on any atom is -0.500 e. The van der Waals surface area contributed by atoms with E-state index in [1.807, 2.05) is 18.3 Å². The van der Waals surface area contributed by atoms with Crippen LogP contribution in [0.1, 0.15) is 76.0 Å². The van der Waals surface area contributed by atoms with Crippen molar-refractivity contribution in [2.24, 2.45) is 5.92 Å². The van der Waals surface area contributed by atoms with Gasteiger partial charge in [0.1, 0.15) is 5.58 Å². The van der Waals surface area contributed by atoms with E-state index in [9.17, 15) is 0 Å². The third-order valence-corrected chi connectivity index (χ3v) is 14.4. The number of pyridine rings is 2. The first-order valence-corrected chi connectivity index (χ1v) is 24.2. The van der Waals surface area contributed by atoms with Gasteiger partial charge in [-0.15, -0.1) is 46.8 Å². The van der Waals surface area contributed by atoms with Crippen molar-refractivity contribution >= 4 is 46.0 Å². The molecular formula is C53H54IrN2OSi-2. The van der Waals surface area contributed by atoms with Crippen LogP contribution in [0.2, 0.25) is 19.6 Å². The summed E-state index contributed by atoms with van der Waals surface area (Å²) in [6, 6.07) is 45.2. The van der Waals surface area contributed by atoms with Crippen LogP contribution in [0.25, 0.3) is 66.4 Å². The minimum atomic E-state index is -1.39. The van der Waals surface area contributed by atoms with Crippen LogP contribution < -0.4 is 5.19 Å². The number of para-hydroxylation sites is 1. The molecule has 3 aromatic heterocycles. The normalized spacial score (nSPS) is 13.5. The maximum atomic E-state index is 6.66. The van der Waals surface area contributed by atoms with Gasteiger partial charge in [0.2, 0.25) is 0 Å². The molecule has 0 N–H and O–H groups in total. The molecule has 1 fully saturated rings. The fraction of sp³-hybridized carbons (Fsp3) is 0.283. The number of benzene rings is 5. The first-order valence-electron chi connectivity index (χ1n) is 20.7. The Labute approximate surface area is 359 Å². The van der Waals surface area contributed by atoms with Crippen LogP contribution in [-0.4, -0.2) is 18.0 Å².